The van der Waals surface area contributed by atoms with Crippen LogP contribution in [0.4, 0.5) is 0 Å². The van der Waals surface area contributed by atoms with Crippen molar-refractivity contribution in [2.24, 2.45) is 5.41 Å². The summed E-state index contributed by atoms with van der Waals surface area (Å²) >= 11 is 0. The standard InChI is InChI=1S/C26H32N2O7/c1-15-10-17(11-16(2)22(15)34-9-8-29)23-27-19-12-18(32-6)13-20(33-7)21(19)24(30)28(23)14-35-25(31)26(3,4)5/h10-13,29H,8-9,14H2,1-7H3. The van der Waals surface area contributed by atoms with E-state index in [2.05, 4.69) is 0 Å². The van der Waals surface area contributed by atoms with Gasteiger partial charge in [-0.05, 0) is 57.9 Å². The predicted octanol–water partition coefficient (Wildman–Crippen LogP) is 3.62. The Morgan fingerprint density at radius 1 is 1.06 bits per heavy atom. The molecule has 9 nitrogen and oxygen atoms in total. The molecule has 0 unspecified atom stereocenters. The number of aryl methyl sites for hydroxylation is 2. The third-order valence-electron chi connectivity index (χ3n) is 5.44. The Morgan fingerprint density at radius 2 is 1.71 bits per heavy atom. The van der Waals surface area contributed by atoms with Gasteiger partial charge in [-0.25, -0.2) is 4.98 Å². The molecule has 35 heavy (non-hydrogen) atoms. The summed E-state index contributed by atoms with van der Waals surface area (Å²) in [5.41, 5.74) is 1.49. The maximum absolute atomic E-state index is 13.7. The highest BCUT2D eigenvalue weighted by Crippen LogP contribution is 2.33. The Labute approximate surface area is 204 Å². The molecule has 1 aromatic heterocycles. The van der Waals surface area contributed by atoms with E-state index in [-0.39, 0.29) is 25.3 Å². The fraction of sp³-hybridized carbons (Fsp3) is 0.423. The highest BCUT2D eigenvalue weighted by molar-refractivity contribution is 5.87. The lowest BCUT2D eigenvalue weighted by atomic mass is 9.98. The van der Waals surface area contributed by atoms with E-state index < -0.39 is 16.9 Å². The molecule has 3 rings (SSSR count). The van der Waals surface area contributed by atoms with Crippen LogP contribution in [-0.2, 0) is 16.3 Å². The minimum absolute atomic E-state index is 0.102. The second-order valence-corrected chi connectivity index (χ2v) is 9.21. The number of esters is 1. The fourth-order valence-corrected chi connectivity index (χ4v) is 3.70. The van der Waals surface area contributed by atoms with Gasteiger partial charge in [0.2, 0.25) is 0 Å². The first-order chi connectivity index (χ1) is 16.5. The predicted molar refractivity (Wildman–Crippen MR) is 132 cm³/mol. The van der Waals surface area contributed by atoms with Gasteiger partial charge in [0.25, 0.3) is 5.56 Å². The molecular weight excluding hydrogens is 452 g/mol. The van der Waals surface area contributed by atoms with E-state index in [4.69, 9.17) is 29.0 Å². The fourth-order valence-electron chi connectivity index (χ4n) is 3.70. The number of rotatable bonds is 8. The Kier molecular flexibility index (Phi) is 7.70. The molecule has 9 heteroatoms. The number of aromatic nitrogens is 2. The molecule has 0 fully saturated rings. The van der Waals surface area contributed by atoms with Crippen LogP contribution in [0.15, 0.2) is 29.1 Å². The minimum Gasteiger partial charge on any atom is -0.497 e. The summed E-state index contributed by atoms with van der Waals surface area (Å²) in [6.45, 7) is 8.72. The Balaban J connectivity index is 2.27. The monoisotopic (exact) mass is 484 g/mol. The van der Waals surface area contributed by atoms with Crippen LogP contribution >= 0.6 is 0 Å². The van der Waals surface area contributed by atoms with Crippen LogP contribution in [0.3, 0.4) is 0 Å². The van der Waals surface area contributed by atoms with Crippen molar-refractivity contribution in [2.45, 2.75) is 41.3 Å². The number of carbonyl (C=O) groups excluding carboxylic acids is 1. The number of nitrogens with zero attached hydrogens (tertiary/aromatic N) is 2. The van der Waals surface area contributed by atoms with E-state index in [0.717, 1.165) is 11.1 Å². The SMILES string of the molecule is COc1cc(OC)c2c(=O)n(COC(=O)C(C)(C)C)c(-c3cc(C)c(OCCO)c(C)c3)nc2c1. The highest BCUT2D eigenvalue weighted by atomic mass is 16.5. The van der Waals surface area contributed by atoms with E-state index in [0.29, 0.717) is 34.2 Å². The third kappa shape index (κ3) is 5.40. The summed E-state index contributed by atoms with van der Waals surface area (Å²) in [5, 5.41) is 9.37. The van der Waals surface area contributed by atoms with Crippen LogP contribution in [0.25, 0.3) is 22.3 Å². The zero-order chi connectivity index (χ0) is 25.9. The zero-order valence-electron chi connectivity index (χ0n) is 21.2. The lowest BCUT2D eigenvalue weighted by Crippen LogP contribution is -2.29. The average Bonchev–Trinajstić information content (AvgIpc) is 2.80. The van der Waals surface area contributed by atoms with Crippen LogP contribution in [-0.4, -0.2) is 48.1 Å². The van der Waals surface area contributed by atoms with Crippen molar-refractivity contribution in [2.75, 3.05) is 27.4 Å². The van der Waals surface area contributed by atoms with Gasteiger partial charge >= 0.3 is 5.97 Å². The molecule has 0 aliphatic rings. The average molecular weight is 485 g/mol. The molecule has 0 atom stereocenters. The topological polar surface area (TPSA) is 109 Å². The number of aliphatic hydroxyl groups is 1. The van der Waals surface area contributed by atoms with Gasteiger partial charge in [0.1, 0.15) is 35.1 Å². The Hall–Kier alpha value is -3.59. The third-order valence-corrected chi connectivity index (χ3v) is 5.44. The first kappa shape index (κ1) is 26.0. The van der Waals surface area contributed by atoms with Gasteiger partial charge in [-0.15, -0.1) is 0 Å². The summed E-state index contributed by atoms with van der Waals surface area (Å²) in [7, 11) is 2.98. The maximum atomic E-state index is 13.7. The lowest BCUT2D eigenvalue weighted by Gasteiger charge is -2.20. The Bertz CT molecular complexity index is 1280. The number of aliphatic hydroxyl groups excluding tert-OH is 1. The van der Waals surface area contributed by atoms with E-state index >= 15 is 0 Å². The van der Waals surface area contributed by atoms with Crippen molar-refractivity contribution in [1.29, 1.82) is 0 Å². The van der Waals surface area contributed by atoms with Crippen molar-refractivity contribution in [3.8, 4) is 28.6 Å². The molecule has 0 saturated carbocycles. The van der Waals surface area contributed by atoms with E-state index in [1.807, 2.05) is 26.0 Å². The number of ether oxygens (including phenoxy) is 4. The van der Waals surface area contributed by atoms with Crippen LogP contribution < -0.4 is 19.8 Å². The molecule has 0 spiro atoms. The molecule has 0 bridgehead atoms. The van der Waals surface area contributed by atoms with Crippen LogP contribution in [0.1, 0.15) is 31.9 Å². The minimum atomic E-state index is -0.738. The Morgan fingerprint density at radius 3 is 2.26 bits per heavy atom. The van der Waals surface area contributed by atoms with E-state index in [9.17, 15) is 9.59 Å². The summed E-state index contributed by atoms with van der Waals surface area (Å²) in [6.07, 6.45) is 0. The molecule has 0 saturated heterocycles. The molecule has 0 amide bonds. The maximum Gasteiger partial charge on any atom is 0.312 e. The number of benzene rings is 2. The van der Waals surface area contributed by atoms with Gasteiger partial charge in [-0.3, -0.25) is 14.2 Å². The largest absolute Gasteiger partial charge is 0.497 e. The number of hydrogen-bond donors (Lipinski definition) is 1. The quantitative estimate of drug-likeness (QED) is 0.483. The molecular formula is C26H32N2O7. The normalized spacial score (nSPS) is 11.4. The summed E-state index contributed by atoms with van der Waals surface area (Å²) in [5.74, 6) is 1.32. The summed E-state index contributed by atoms with van der Waals surface area (Å²) < 4.78 is 23.3. The molecule has 0 radical (unpaired) electrons. The number of hydrogen-bond acceptors (Lipinski definition) is 8. The second kappa shape index (κ2) is 10.4. The molecule has 1 heterocycles. The summed E-state index contributed by atoms with van der Waals surface area (Å²) in [4.78, 5) is 31.0. The van der Waals surface area contributed by atoms with Crippen molar-refractivity contribution >= 4 is 16.9 Å². The lowest BCUT2D eigenvalue weighted by molar-refractivity contribution is -0.157. The van der Waals surface area contributed by atoms with Gasteiger partial charge in [0.15, 0.2) is 6.73 Å². The van der Waals surface area contributed by atoms with Crippen LogP contribution in [0.2, 0.25) is 0 Å². The van der Waals surface area contributed by atoms with Crippen molar-refractivity contribution in [3.05, 3.63) is 45.7 Å². The van der Waals surface area contributed by atoms with Gasteiger partial charge in [0.05, 0.1) is 31.8 Å². The molecule has 1 N–H and O–H groups in total. The molecule has 0 aliphatic carbocycles. The number of carbonyl (C=O) groups is 1. The smallest absolute Gasteiger partial charge is 0.312 e. The molecule has 0 aliphatic heterocycles. The first-order valence-electron chi connectivity index (χ1n) is 11.2. The summed E-state index contributed by atoms with van der Waals surface area (Å²) in [6, 6.07) is 6.95. The molecule has 3 aromatic rings. The highest BCUT2D eigenvalue weighted by Gasteiger charge is 2.25. The van der Waals surface area contributed by atoms with Gasteiger partial charge < -0.3 is 24.1 Å². The van der Waals surface area contributed by atoms with Crippen LogP contribution in [0, 0.1) is 19.3 Å². The van der Waals surface area contributed by atoms with Gasteiger partial charge in [0, 0.05) is 17.7 Å². The van der Waals surface area contributed by atoms with Crippen molar-refractivity contribution in [3.63, 3.8) is 0 Å². The van der Waals surface area contributed by atoms with Crippen molar-refractivity contribution < 1.29 is 28.8 Å². The van der Waals surface area contributed by atoms with Gasteiger partial charge in [-0.2, -0.15) is 0 Å². The first-order valence-corrected chi connectivity index (χ1v) is 11.2. The molecule has 2 aromatic carbocycles. The molecule has 188 valence electrons. The van der Waals surface area contributed by atoms with E-state index in [1.54, 1.807) is 32.9 Å². The number of methoxy groups -OCH3 is 2. The second-order valence-electron chi connectivity index (χ2n) is 9.21. The van der Waals surface area contributed by atoms with Crippen molar-refractivity contribution in [1.82, 2.24) is 9.55 Å². The van der Waals surface area contributed by atoms with Gasteiger partial charge in [-0.1, -0.05) is 0 Å². The van der Waals surface area contributed by atoms with E-state index in [1.165, 1.54) is 18.8 Å². The zero-order valence-corrected chi connectivity index (χ0v) is 21.2. The number of fused-ring (bicyclic) bond motifs is 1. The van der Waals surface area contributed by atoms with Crippen LogP contribution in [0.5, 0.6) is 17.2 Å².